The van der Waals surface area contributed by atoms with Crippen LogP contribution in [-0.2, 0) is 11.3 Å². The topological polar surface area (TPSA) is 105 Å². The van der Waals surface area contributed by atoms with Crippen LogP contribution in [0.2, 0.25) is 0 Å². The molecule has 1 aromatic carbocycles. The molecule has 1 atom stereocenters. The second kappa shape index (κ2) is 8.25. The monoisotopic (exact) mass is 350 g/mol. The van der Waals surface area contributed by atoms with E-state index in [0.717, 1.165) is 0 Å². The molecule has 2 amide bonds. The van der Waals surface area contributed by atoms with Crippen LogP contribution in [0.3, 0.4) is 0 Å². The average molecular weight is 350 g/mol. The molecule has 0 fully saturated rings. The number of aliphatic hydroxyl groups excluding tert-OH is 1. The second-order valence-corrected chi connectivity index (χ2v) is 5.24. The van der Waals surface area contributed by atoms with E-state index in [4.69, 9.17) is 4.74 Å². The fraction of sp³-hybridized carbons (Fsp3) is 0.312. The van der Waals surface area contributed by atoms with Crippen LogP contribution in [0.15, 0.2) is 30.5 Å². The van der Waals surface area contributed by atoms with Crippen LogP contribution in [0, 0.1) is 5.82 Å². The van der Waals surface area contributed by atoms with Gasteiger partial charge in [0.05, 0.1) is 25.5 Å². The number of carbonyl (C=O) groups excluding carboxylic acids is 2. The summed E-state index contributed by atoms with van der Waals surface area (Å²) in [6.07, 6.45) is 0.518. The molecule has 134 valence electrons. The van der Waals surface area contributed by atoms with Gasteiger partial charge in [-0.3, -0.25) is 5.32 Å². The molecule has 0 saturated heterocycles. The first-order valence-electron chi connectivity index (χ1n) is 7.65. The number of aliphatic hydroxyl groups is 1. The molecular formula is C16H19FN4O4. The van der Waals surface area contributed by atoms with Crippen molar-refractivity contribution in [3.63, 3.8) is 0 Å². The van der Waals surface area contributed by atoms with Gasteiger partial charge in [0.2, 0.25) is 0 Å². The maximum absolute atomic E-state index is 12.9. The van der Waals surface area contributed by atoms with Gasteiger partial charge in [-0.15, -0.1) is 0 Å². The average Bonchev–Trinajstić information content (AvgIpc) is 2.92. The second-order valence-electron chi connectivity index (χ2n) is 5.24. The minimum absolute atomic E-state index is 0.0664. The molecule has 2 rings (SSSR count). The van der Waals surface area contributed by atoms with E-state index >= 15 is 0 Å². The summed E-state index contributed by atoms with van der Waals surface area (Å²) < 4.78 is 19.1. The summed E-state index contributed by atoms with van der Waals surface area (Å²) in [5.41, 5.74) is 0.440. The highest BCUT2D eigenvalue weighted by atomic mass is 19.1. The number of hydrogen-bond donors (Lipinski definition) is 3. The highest BCUT2D eigenvalue weighted by Crippen LogP contribution is 2.18. The Bertz CT molecular complexity index is 743. The predicted molar refractivity (Wildman–Crippen MR) is 88.9 cm³/mol. The molecule has 0 radical (unpaired) electrons. The van der Waals surface area contributed by atoms with Crippen LogP contribution in [0.1, 0.15) is 24.2 Å². The van der Waals surface area contributed by atoms with Crippen molar-refractivity contribution in [3.8, 4) is 0 Å². The summed E-state index contributed by atoms with van der Waals surface area (Å²) in [6.45, 7) is 3.45. The SMILES string of the molecule is CCOC(=O)c1cnn(CC(C)O)c1NC(=O)Nc1ccc(F)cc1. The number of esters is 1. The summed E-state index contributed by atoms with van der Waals surface area (Å²) in [6, 6.07) is 4.56. The molecule has 1 heterocycles. The van der Waals surface area contributed by atoms with Crippen molar-refractivity contribution >= 4 is 23.5 Å². The lowest BCUT2D eigenvalue weighted by atomic mass is 10.3. The van der Waals surface area contributed by atoms with Crippen LogP contribution in [-0.4, -0.2) is 39.6 Å². The van der Waals surface area contributed by atoms with E-state index in [0.29, 0.717) is 5.69 Å². The first-order valence-corrected chi connectivity index (χ1v) is 7.65. The molecule has 0 spiro atoms. The quantitative estimate of drug-likeness (QED) is 0.693. The largest absolute Gasteiger partial charge is 0.462 e. The number of aromatic nitrogens is 2. The summed E-state index contributed by atoms with van der Waals surface area (Å²) >= 11 is 0. The third-order valence-corrected chi connectivity index (χ3v) is 3.11. The number of amides is 2. The van der Waals surface area contributed by atoms with Crippen molar-refractivity contribution in [1.82, 2.24) is 9.78 Å². The number of ether oxygens (including phenoxy) is 1. The van der Waals surface area contributed by atoms with Crippen molar-refractivity contribution in [2.24, 2.45) is 0 Å². The van der Waals surface area contributed by atoms with Crippen LogP contribution in [0.5, 0.6) is 0 Å². The zero-order valence-electron chi connectivity index (χ0n) is 13.8. The molecule has 25 heavy (non-hydrogen) atoms. The summed E-state index contributed by atoms with van der Waals surface area (Å²) in [5, 5.41) is 18.6. The Kier molecular flexibility index (Phi) is 6.07. The minimum Gasteiger partial charge on any atom is -0.462 e. The molecule has 1 aromatic heterocycles. The van der Waals surface area contributed by atoms with E-state index in [1.165, 1.54) is 35.1 Å². The van der Waals surface area contributed by atoms with Crippen LogP contribution in [0.4, 0.5) is 20.7 Å². The standard InChI is InChI=1S/C16H19FN4O4/c1-3-25-15(23)13-8-18-21(9-10(2)22)14(13)20-16(24)19-12-6-4-11(17)5-7-12/h4-8,10,22H,3,9H2,1-2H3,(H2,19,20,24). The Morgan fingerprint density at radius 3 is 2.60 bits per heavy atom. The number of nitrogens with zero attached hydrogens (tertiary/aromatic N) is 2. The minimum atomic E-state index is -0.740. The number of benzene rings is 1. The van der Waals surface area contributed by atoms with Crippen LogP contribution < -0.4 is 10.6 Å². The molecule has 3 N–H and O–H groups in total. The highest BCUT2D eigenvalue weighted by Gasteiger charge is 2.21. The van der Waals surface area contributed by atoms with Crippen molar-refractivity contribution in [3.05, 3.63) is 41.8 Å². The van der Waals surface area contributed by atoms with Gasteiger partial charge in [0.15, 0.2) is 0 Å². The molecule has 2 aromatic rings. The molecule has 0 bridgehead atoms. The third-order valence-electron chi connectivity index (χ3n) is 3.11. The maximum Gasteiger partial charge on any atom is 0.343 e. The maximum atomic E-state index is 12.9. The van der Waals surface area contributed by atoms with Crippen molar-refractivity contribution in [2.75, 3.05) is 17.2 Å². The number of anilines is 2. The van der Waals surface area contributed by atoms with Gasteiger partial charge in [-0.2, -0.15) is 5.10 Å². The van der Waals surface area contributed by atoms with Gasteiger partial charge in [-0.25, -0.2) is 18.7 Å². The summed E-state index contributed by atoms with van der Waals surface area (Å²) in [5.74, 6) is -0.971. The van der Waals surface area contributed by atoms with E-state index < -0.39 is 23.9 Å². The molecule has 0 aliphatic heterocycles. The van der Waals surface area contributed by atoms with E-state index in [9.17, 15) is 19.1 Å². The van der Waals surface area contributed by atoms with E-state index in [-0.39, 0.29) is 24.5 Å². The van der Waals surface area contributed by atoms with E-state index in [1.807, 2.05) is 0 Å². The van der Waals surface area contributed by atoms with Gasteiger partial charge in [0.1, 0.15) is 17.2 Å². The lowest BCUT2D eigenvalue weighted by Crippen LogP contribution is -2.24. The fourth-order valence-corrected chi connectivity index (χ4v) is 2.07. The Hall–Kier alpha value is -2.94. The normalized spacial score (nSPS) is 11.7. The summed E-state index contributed by atoms with van der Waals surface area (Å²) in [4.78, 5) is 24.2. The first-order chi connectivity index (χ1) is 11.9. The molecular weight excluding hydrogens is 331 g/mol. The number of halogens is 1. The van der Waals surface area contributed by atoms with E-state index in [2.05, 4.69) is 15.7 Å². The lowest BCUT2D eigenvalue weighted by molar-refractivity contribution is 0.0527. The number of nitrogens with one attached hydrogen (secondary N) is 2. The zero-order valence-corrected chi connectivity index (χ0v) is 13.8. The molecule has 0 aliphatic rings. The van der Waals surface area contributed by atoms with Gasteiger partial charge in [0.25, 0.3) is 0 Å². The Balaban J connectivity index is 2.19. The number of hydrogen-bond acceptors (Lipinski definition) is 5. The third kappa shape index (κ3) is 5.01. The molecule has 0 aliphatic carbocycles. The molecule has 8 nitrogen and oxygen atoms in total. The van der Waals surface area contributed by atoms with Crippen molar-refractivity contribution in [2.45, 2.75) is 26.5 Å². The van der Waals surface area contributed by atoms with Gasteiger partial charge < -0.3 is 15.2 Å². The number of carbonyl (C=O) groups is 2. The highest BCUT2D eigenvalue weighted by molar-refractivity contribution is 6.04. The van der Waals surface area contributed by atoms with Gasteiger partial charge in [0, 0.05) is 5.69 Å². The first kappa shape index (κ1) is 18.4. The molecule has 9 heteroatoms. The lowest BCUT2D eigenvalue weighted by Gasteiger charge is -2.13. The van der Waals surface area contributed by atoms with Gasteiger partial charge in [-0.1, -0.05) is 0 Å². The van der Waals surface area contributed by atoms with Crippen LogP contribution in [0.25, 0.3) is 0 Å². The van der Waals surface area contributed by atoms with Crippen molar-refractivity contribution in [1.29, 1.82) is 0 Å². The van der Waals surface area contributed by atoms with Gasteiger partial charge >= 0.3 is 12.0 Å². The molecule has 1 unspecified atom stereocenters. The Morgan fingerprint density at radius 2 is 2.00 bits per heavy atom. The Morgan fingerprint density at radius 1 is 1.32 bits per heavy atom. The molecule has 0 saturated carbocycles. The zero-order chi connectivity index (χ0) is 18.4. The fourth-order valence-electron chi connectivity index (χ4n) is 2.07. The Labute approximate surface area is 143 Å². The predicted octanol–water partition coefficient (Wildman–Crippen LogP) is 2.22. The van der Waals surface area contributed by atoms with Gasteiger partial charge in [-0.05, 0) is 38.1 Å². The number of rotatable bonds is 6. The smallest absolute Gasteiger partial charge is 0.343 e. The number of urea groups is 1. The van der Waals surface area contributed by atoms with Crippen molar-refractivity contribution < 1.29 is 23.8 Å². The van der Waals surface area contributed by atoms with E-state index in [1.54, 1.807) is 13.8 Å². The summed E-state index contributed by atoms with van der Waals surface area (Å²) in [7, 11) is 0. The van der Waals surface area contributed by atoms with Crippen LogP contribution >= 0.6 is 0 Å².